The van der Waals surface area contributed by atoms with Gasteiger partial charge < -0.3 is 19.4 Å². The van der Waals surface area contributed by atoms with Gasteiger partial charge in [-0.3, -0.25) is 4.57 Å². The van der Waals surface area contributed by atoms with Gasteiger partial charge in [0.05, 0.1) is 24.1 Å². The number of aliphatic hydroxyl groups excluding tert-OH is 2. The maximum Gasteiger partial charge on any atom is 0.351 e. The number of ether oxygens (including phenoxy) is 1. The molecule has 4 atom stereocenters. The molecule has 1 fully saturated rings. The molecule has 0 aliphatic carbocycles. The Bertz CT molecular complexity index is 1160. The van der Waals surface area contributed by atoms with Crippen molar-refractivity contribution in [2.24, 2.45) is 0 Å². The lowest BCUT2D eigenvalue weighted by Gasteiger charge is -2.19. The summed E-state index contributed by atoms with van der Waals surface area (Å²) in [6.07, 6.45) is 2.89. The molecule has 156 valence electrons. The lowest BCUT2D eigenvalue weighted by Crippen LogP contribution is -2.37. The highest BCUT2D eigenvalue weighted by molar-refractivity contribution is 5.79. The molecule has 0 aromatic carbocycles. The fourth-order valence-corrected chi connectivity index (χ4v) is 3.65. The van der Waals surface area contributed by atoms with Crippen molar-refractivity contribution in [3.8, 4) is 23.2 Å². The number of unbranched alkanes of at least 4 members (excludes halogenated alkanes) is 1. The van der Waals surface area contributed by atoms with Crippen molar-refractivity contribution in [2.75, 3.05) is 6.61 Å². The van der Waals surface area contributed by atoms with Crippen LogP contribution in [0.15, 0.2) is 39.8 Å². The Balaban J connectivity index is 1.66. The van der Waals surface area contributed by atoms with E-state index in [4.69, 9.17) is 9.15 Å². The lowest BCUT2D eigenvalue weighted by molar-refractivity contribution is -0.0170. The van der Waals surface area contributed by atoms with Gasteiger partial charge in [-0.1, -0.05) is 12.8 Å². The number of fused-ring (bicyclic) bond motifs is 1. The summed E-state index contributed by atoms with van der Waals surface area (Å²) < 4.78 is 12.6. The molecule has 8 heteroatoms. The van der Waals surface area contributed by atoms with Gasteiger partial charge in [0, 0.05) is 24.4 Å². The van der Waals surface area contributed by atoms with E-state index >= 15 is 0 Å². The summed E-state index contributed by atoms with van der Waals surface area (Å²) in [5, 5.41) is 20.4. The second kappa shape index (κ2) is 8.40. The van der Waals surface area contributed by atoms with E-state index < -0.39 is 30.0 Å². The second-order valence-electron chi connectivity index (χ2n) is 7.33. The van der Waals surface area contributed by atoms with E-state index in [1.807, 2.05) is 12.1 Å². The third-order valence-electron chi connectivity index (χ3n) is 5.18. The standard InChI is InChI=1S/C22H23N3O5/c1-3-4-5-6-16-8-7-14(10-23-16)17-9-15-11-25(22(28)24-21(15)30-17)19-13(2)29-18(12-26)20(19)27/h7-11,13,18-20,26-27H,3-4,12H2,1-2H3/t13-,18+,19?,20+/m0/s1. The van der Waals surface area contributed by atoms with E-state index in [1.54, 1.807) is 25.4 Å². The maximum absolute atomic E-state index is 12.6. The minimum absolute atomic E-state index is 0.206. The first-order valence-corrected chi connectivity index (χ1v) is 9.94. The van der Waals surface area contributed by atoms with Gasteiger partial charge in [-0.05, 0) is 37.5 Å². The number of aliphatic hydroxyl groups is 2. The van der Waals surface area contributed by atoms with Crippen LogP contribution >= 0.6 is 0 Å². The lowest BCUT2D eigenvalue weighted by atomic mass is 10.1. The molecule has 0 bridgehead atoms. The van der Waals surface area contributed by atoms with Crippen molar-refractivity contribution in [3.05, 3.63) is 46.8 Å². The zero-order valence-corrected chi connectivity index (χ0v) is 16.8. The van der Waals surface area contributed by atoms with Gasteiger partial charge in [0.1, 0.15) is 23.7 Å². The zero-order valence-electron chi connectivity index (χ0n) is 16.8. The van der Waals surface area contributed by atoms with Crippen molar-refractivity contribution in [1.29, 1.82) is 0 Å². The topological polar surface area (TPSA) is 111 Å². The molecule has 1 aliphatic heterocycles. The van der Waals surface area contributed by atoms with Crippen LogP contribution in [-0.2, 0) is 4.74 Å². The highest BCUT2D eigenvalue weighted by atomic mass is 16.5. The molecule has 0 radical (unpaired) electrons. The Kier molecular flexibility index (Phi) is 5.68. The number of hydrogen-bond donors (Lipinski definition) is 2. The summed E-state index contributed by atoms with van der Waals surface area (Å²) in [6.45, 7) is 3.50. The number of rotatable bonds is 4. The Morgan fingerprint density at radius 1 is 1.33 bits per heavy atom. The van der Waals surface area contributed by atoms with Crippen LogP contribution in [-0.4, -0.2) is 49.7 Å². The van der Waals surface area contributed by atoms with Gasteiger partial charge >= 0.3 is 5.69 Å². The van der Waals surface area contributed by atoms with Crippen LogP contribution in [0, 0.1) is 11.8 Å². The SMILES string of the molecule is CCCC#Cc1ccc(-c2cc3cn(C4[C@H](C)O[C@H](CO)[C@H]4O)c(=O)nc3o2)cn1. The second-order valence-corrected chi connectivity index (χ2v) is 7.33. The summed E-state index contributed by atoms with van der Waals surface area (Å²) in [5.74, 6) is 6.59. The van der Waals surface area contributed by atoms with Crippen LogP contribution in [0.4, 0.5) is 0 Å². The molecule has 8 nitrogen and oxygen atoms in total. The van der Waals surface area contributed by atoms with Crippen LogP contribution in [0.3, 0.4) is 0 Å². The molecule has 1 aliphatic rings. The fourth-order valence-electron chi connectivity index (χ4n) is 3.65. The Labute approximate surface area is 173 Å². The molecular weight excluding hydrogens is 386 g/mol. The molecule has 1 unspecified atom stereocenters. The molecule has 0 saturated carbocycles. The first-order valence-electron chi connectivity index (χ1n) is 9.94. The van der Waals surface area contributed by atoms with Crippen LogP contribution in [0.5, 0.6) is 0 Å². The largest absolute Gasteiger partial charge is 0.437 e. The first kappa shape index (κ1) is 20.3. The van der Waals surface area contributed by atoms with Crippen molar-refractivity contribution in [2.45, 2.75) is 51.0 Å². The minimum Gasteiger partial charge on any atom is -0.437 e. The third-order valence-corrected chi connectivity index (χ3v) is 5.18. The monoisotopic (exact) mass is 409 g/mol. The highest BCUT2D eigenvalue weighted by Crippen LogP contribution is 2.32. The Morgan fingerprint density at radius 2 is 2.17 bits per heavy atom. The quantitative estimate of drug-likeness (QED) is 0.633. The molecule has 4 rings (SSSR count). The van der Waals surface area contributed by atoms with Crippen LogP contribution in [0.1, 0.15) is 38.4 Å². The number of aromatic nitrogens is 3. The summed E-state index contributed by atoms with van der Waals surface area (Å²) in [4.78, 5) is 20.9. The van der Waals surface area contributed by atoms with Crippen molar-refractivity contribution in [1.82, 2.24) is 14.5 Å². The number of nitrogens with zero attached hydrogens (tertiary/aromatic N) is 3. The summed E-state index contributed by atoms with van der Waals surface area (Å²) in [5.41, 5.74) is 1.08. The van der Waals surface area contributed by atoms with Crippen molar-refractivity contribution < 1.29 is 19.4 Å². The molecule has 4 heterocycles. The number of hydrogen-bond acceptors (Lipinski definition) is 7. The molecule has 3 aromatic heterocycles. The predicted octanol–water partition coefficient (Wildman–Crippen LogP) is 1.88. The maximum atomic E-state index is 12.6. The fraction of sp³-hybridized carbons (Fsp3) is 0.409. The third kappa shape index (κ3) is 3.75. The number of pyridine rings is 1. The van der Waals surface area contributed by atoms with E-state index in [1.165, 1.54) is 4.57 Å². The molecule has 30 heavy (non-hydrogen) atoms. The van der Waals surface area contributed by atoms with Crippen LogP contribution in [0.2, 0.25) is 0 Å². The van der Waals surface area contributed by atoms with Crippen molar-refractivity contribution in [3.63, 3.8) is 0 Å². The van der Waals surface area contributed by atoms with E-state index in [-0.39, 0.29) is 12.3 Å². The van der Waals surface area contributed by atoms with Gasteiger partial charge in [-0.2, -0.15) is 4.98 Å². The molecule has 0 amide bonds. The normalized spacial score (nSPS) is 23.5. The van der Waals surface area contributed by atoms with Crippen LogP contribution < -0.4 is 5.69 Å². The van der Waals surface area contributed by atoms with Gasteiger partial charge in [-0.15, -0.1) is 0 Å². The summed E-state index contributed by atoms with van der Waals surface area (Å²) in [6, 6.07) is 4.80. The molecular formula is C22H23N3O5. The summed E-state index contributed by atoms with van der Waals surface area (Å²) in [7, 11) is 0. The van der Waals surface area contributed by atoms with Gasteiger partial charge in [0.15, 0.2) is 0 Å². The van der Waals surface area contributed by atoms with Crippen molar-refractivity contribution >= 4 is 11.1 Å². The molecule has 2 N–H and O–H groups in total. The Morgan fingerprint density at radius 3 is 2.83 bits per heavy atom. The smallest absolute Gasteiger partial charge is 0.351 e. The molecule has 3 aromatic rings. The van der Waals surface area contributed by atoms with Gasteiger partial charge in [0.2, 0.25) is 5.71 Å². The number of furan rings is 1. The first-order chi connectivity index (χ1) is 14.5. The van der Waals surface area contributed by atoms with E-state index in [9.17, 15) is 15.0 Å². The summed E-state index contributed by atoms with van der Waals surface area (Å²) >= 11 is 0. The van der Waals surface area contributed by atoms with Crippen LogP contribution in [0.25, 0.3) is 22.4 Å². The predicted molar refractivity (Wildman–Crippen MR) is 110 cm³/mol. The Hall–Kier alpha value is -2.99. The molecule has 0 spiro atoms. The van der Waals surface area contributed by atoms with E-state index in [2.05, 4.69) is 28.7 Å². The molecule has 1 saturated heterocycles. The average molecular weight is 409 g/mol. The van der Waals surface area contributed by atoms with Gasteiger partial charge in [0.25, 0.3) is 0 Å². The zero-order chi connectivity index (χ0) is 21.3. The minimum atomic E-state index is -1.01. The van der Waals surface area contributed by atoms with E-state index in [0.29, 0.717) is 16.8 Å². The highest BCUT2D eigenvalue weighted by Gasteiger charge is 2.42. The average Bonchev–Trinajstić information content (AvgIpc) is 3.27. The van der Waals surface area contributed by atoms with E-state index in [0.717, 1.165) is 18.4 Å². The van der Waals surface area contributed by atoms with Gasteiger partial charge in [-0.25, -0.2) is 9.78 Å².